The smallest absolute Gasteiger partial charge is 0.252 e. The number of hydrogen-bond acceptors (Lipinski definition) is 3. The third-order valence-electron chi connectivity index (χ3n) is 4.53. The summed E-state index contributed by atoms with van der Waals surface area (Å²) in [5, 5.41) is 3.15. The molecule has 4 nitrogen and oxygen atoms in total. The van der Waals surface area contributed by atoms with Crippen molar-refractivity contribution in [3.63, 3.8) is 0 Å². The second kappa shape index (κ2) is 8.75. The summed E-state index contributed by atoms with van der Waals surface area (Å²) in [4.78, 5) is 12.8. The predicted octanol–water partition coefficient (Wildman–Crippen LogP) is 4.95. The van der Waals surface area contributed by atoms with Crippen molar-refractivity contribution >= 4 is 5.91 Å². The Morgan fingerprint density at radius 1 is 0.846 bits per heavy atom. The maximum Gasteiger partial charge on any atom is 0.252 e. The molecule has 2 rings (SSSR count). The summed E-state index contributed by atoms with van der Waals surface area (Å²) >= 11 is 0. The van der Waals surface area contributed by atoms with Crippen molar-refractivity contribution in [2.24, 2.45) is 5.92 Å². The lowest BCUT2D eigenvalue weighted by atomic mass is 9.93. The Bertz CT molecular complexity index is 713. The van der Waals surface area contributed by atoms with Crippen LogP contribution in [0.5, 0.6) is 11.5 Å². The standard InChI is InChI=1S/C22H29NO3/c1-14(2)16-7-9-17(10-8-16)21(15(3)4)23-22(24)18-11-19(25-5)13-20(12-18)26-6/h7-15,21H,1-6H3,(H,23,24)/t21-/m0/s1. The predicted molar refractivity (Wildman–Crippen MR) is 105 cm³/mol. The van der Waals surface area contributed by atoms with Crippen molar-refractivity contribution in [3.8, 4) is 11.5 Å². The lowest BCUT2D eigenvalue weighted by molar-refractivity contribution is 0.0925. The summed E-state index contributed by atoms with van der Waals surface area (Å²) in [6.45, 7) is 8.56. The molecule has 140 valence electrons. The van der Waals surface area contributed by atoms with E-state index in [-0.39, 0.29) is 17.9 Å². The summed E-state index contributed by atoms with van der Waals surface area (Å²) in [6, 6.07) is 13.6. The molecule has 0 saturated carbocycles. The molecule has 0 saturated heterocycles. The van der Waals surface area contributed by atoms with Gasteiger partial charge >= 0.3 is 0 Å². The molecule has 0 bridgehead atoms. The average molecular weight is 355 g/mol. The van der Waals surface area contributed by atoms with Crippen LogP contribution in [0, 0.1) is 5.92 Å². The number of ether oxygens (including phenoxy) is 2. The van der Waals surface area contributed by atoms with Crippen LogP contribution in [0.25, 0.3) is 0 Å². The first-order valence-corrected chi connectivity index (χ1v) is 8.99. The third kappa shape index (κ3) is 4.78. The van der Waals surface area contributed by atoms with Gasteiger partial charge in [-0.1, -0.05) is 52.0 Å². The van der Waals surface area contributed by atoms with Gasteiger partial charge in [0.15, 0.2) is 0 Å². The van der Waals surface area contributed by atoms with Crippen LogP contribution in [0.3, 0.4) is 0 Å². The van der Waals surface area contributed by atoms with Crippen LogP contribution in [0.2, 0.25) is 0 Å². The Morgan fingerprint density at radius 3 is 1.77 bits per heavy atom. The highest BCUT2D eigenvalue weighted by Crippen LogP contribution is 2.26. The molecule has 0 aromatic heterocycles. The van der Waals surface area contributed by atoms with Gasteiger partial charge in [-0.15, -0.1) is 0 Å². The van der Waals surface area contributed by atoms with Gasteiger partial charge in [0.2, 0.25) is 0 Å². The van der Waals surface area contributed by atoms with E-state index in [1.54, 1.807) is 32.4 Å². The first-order chi connectivity index (χ1) is 12.3. The first kappa shape index (κ1) is 19.8. The van der Waals surface area contributed by atoms with Crippen molar-refractivity contribution in [1.82, 2.24) is 5.32 Å². The fourth-order valence-electron chi connectivity index (χ4n) is 2.89. The number of carbonyl (C=O) groups is 1. The van der Waals surface area contributed by atoms with Crippen LogP contribution in [0.4, 0.5) is 0 Å². The van der Waals surface area contributed by atoms with Gasteiger partial charge in [0, 0.05) is 11.6 Å². The lowest BCUT2D eigenvalue weighted by Gasteiger charge is -2.24. The molecule has 1 N–H and O–H groups in total. The largest absolute Gasteiger partial charge is 0.497 e. The molecule has 4 heteroatoms. The van der Waals surface area contributed by atoms with E-state index in [0.29, 0.717) is 23.0 Å². The summed E-state index contributed by atoms with van der Waals surface area (Å²) in [7, 11) is 3.15. The fourth-order valence-corrected chi connectivity index (χ4v) is 2.89. The van der Waals surface area contributed by atoms with Crippen LogP contribution in [0.15, 0.2) is 42.5 Å². The zero-order chi connectivity index (χ0) is 19.3. The zero-order valence-corrected chi connectivity index (χ0v) is 16.5. The van der Waals surface area contributed by atoms with Crippen molar-refractivity contribution in [2.75, 3.05) is 14.2 Å². The number of nitrogens with one attached hydrogen (secondary N) is 1. The zero-order valence-electron chi connectivity index (χ0n) is 16.5. The van der Waals surface area contributed by atoms with Crippen molar-refractivity contribution in [1.29, 1.82) is 0 Å². The van der Waals surface area contributed by atoms with Gasteiger partial charge in [-0.25, -0.2) is 0 Å². The van der Waals surface area contributed by atoms with Crippen LogP contribution >= 0.6 is 0 Å². The fraction of sp³-hybridized carbons (Fsp3) is 0.409. The third-order valence-corrected chi connectivity index (χ3v) is 4.53. The van der Waals surface area contributed by atoms with Crippen molar-refractivity contribution in [3.05, 3.63) is 59.2 Å². The summed E-state index contributed by atoms with van der Waals surface area (Å²) in [5.74, 6) is 1.79. The molecule has 1 atom stereocenters. The van der Waals surface area contributed by atoms with Crippen LogP contribution in [-0.4, -0.2) is 20.1 Å². The number of amides is 1. The number of methoxy groups -OCH3 is 2. The van der Waals surface area contributed by atoms with E-state index >= 15 is 0 Å². The van der Waals surface area contributed by atoms with Gasteiger partial charge in [-0.2, -0.15) is 0 Å². The van der Waals surface area contributed by atoms with Gasteiger partial charge in [0.1, 0.15) is 11.5 Å². The molecule has 0 aliphatic carbocycles. The summed E-state index contributed by atoms with van der Waals surface area (Å²) in [6.07, 6.45) is 0. The molecule has 0 spiro atoms. The molecule has 2 aromatic carbocycles. The molecule has 0 aliphatic rings. The van der Waals surface area contributed by atoms with Gasteiger partial charge < -0.3 is 14.8 Å². The molecule has 0 unspecified atom stereocenters. The second-order valence-electron chi connectivity index (χ2n) is 7.12. The van der Waals surface area contributed by atoms with Gasteiger partial charge in [-0.3, -0.25) is 4.79 Å². The molecule has 0 radical (unpaired) electrons. The Morgan fingerprint density at radius 2 is 1.35 bits per heavy atom. The SMILES string of the molecule is COc1cc(OC)cc(C(=O)N[C@H](c2ccc(C(C)C)cc2)C(C)C)c1. The van der Waals surface area contributed by atoms with Crippen molar-refractivity contribution in [2.45, 2.75) is 39.7 Å². The maximum absolute atomic E-state index is 12.8. The minimum atomic E-state index is -0.145. The lowest BCUT2D eigenvalue weighted by Crippen LogP contribution is -2.31. The highest BCUT2D eigenvalue weighted by Gasteiger charge is 2.20. The van der Waals surface area contributed by atoms with Gasteiger partial charge in [0.25, 0.3) is 5.91 Å². The number of hydrogen-bond donors (Lipinski definition) is 1. The number of rotatable bonds is 7. The Balaban J connectivity index is 2.25. The van der Waals surface area contributed by atoms with E-state index < -0.39 is 0 Å². The highest BCUT2D eigenvalue weighted by atomic mass is 16.5. The van der Waals surface area contributed by atoms with Gasteiger partial charge in [-0.05, 0) is 35.1 Å². The van der Waals surface area contributed by atoms with E-state index in [1.807, 2.05) is 0 Å². The van der Waals surface area contributed by atoms with Gasteiger partial charge in [0.05, 0.1) is 20.3 Å². The van der Waals surface area contributed by atoms with E-state index in [0.717, 1.165) is 5.56 Å². The van der Waals surface area contributed by atoms with E-state index in [4.69, 9.17) is 9.47 Å². The maximum atomic E-state index is 12.8. The Kier molecular flexibility index (Phi) is 6.67. The number of benzene rings is 2. The van der Waals surface area contributed by atoms with Crippen LogP contribution < -0.4 is 14.8 Å². The van der Waals surface area contributed by atoms with Crippen molar-refractivity contribution < 1.29 is 14.3 Å². The molecule has 26 heavy (non-hydrogen) atoms. The molecule has 1 amide bonds. The average Bonchev–Trinajstić information content (AvgIpc) is 2.65. The van der Waals surface area contributed by atoms with E-state index in [2.05, 4.69) is 57.3 Å². The number of carbonyl (C=O) groups excluding carboxylic acids is 1. The quantitative estimate of drug-likeness (QED) is 0.764. The van der Waals surface area contributed by atoms with E-state index in [9.17, 15) is 4.79 Å². The topological polar surface area (TPSA) is 47.6 Å². The first-order valence-electron chi connectivity index (χ1n) is 8.99. The van der Waals surface area contributed by atoms with Crippen LogP contribution in [-0.2, 0) is 0 Å². The van der Waals surface area contributed by atoms with E-state index in [1.165, 1.54) is 5.56 Å². The second-order valence-corrected chi connectivity index (χ2v) is 7.12. The molecule has 0 aliphatic heterocycles. The Hall–Kier alpha value is -2.49. The highest BCUT2D eigenvalue weighted by molar-refractivity contribution is 5.95. The monoisotopic (exact) mass is 355 g/mol. The molecule has 0 heterocycles. The normalized spacial score (nSPS) is 12.2. The Labute approximate surface area is 156 Å². The van der Waals surface area contributed by atoms with Crippen LogP contribution in [0.1, 0.15) is 61.1 Å². The summed E-state index contributed by atoms with van der Waals surface area (Å²) in [5.41, 5.74) is 2.92. The summed E-state index contributed by atoms with van der Waals surface area (Å²) < 4.78 is 10.5. The minimum absolute atomic E-state index is 0.0686. The molecular formula is C22H29NO3. The molecule has 0 fully saturated rings. The minimum Gasteiger partial charge on any atom is -0.497 e. The molecule has 2 aromatic rings. The molecular weight excluding hydrogens is 326 g/mol.